The van der Waals surface area contributed by atoms with E-state index in [0.717, 1.165) is 10.6 Å². The first-order valence-corrected chi connectivity index (χ1v) is 6.41. The highest BCUT2D eigenvalue weighted by atomic mass is 32.1. The lowest BCUT2D eigenvalue weighted by Crippen LogP contribution is -2.28. The van der Waals surface area contributed by atoms with Crippen molar-refractivity contribution >= 4 is 11.3 Å². The summed E-state index contributed by atoms with van der Waals surface area (Å²) in [6.45, 7) is 2.81. The molecule has 0 aromatic carbocycles. The highest BCUT2D eigenvalue weighted by Crippen LogP contribution is 2.15. The van der Waals surface area contributed by atoms with Crippen molar-refractivity contribution in [3.05, 3.63) is 34.5 Å². The molecule has 0 saturated carbocycles. The molecule has 0 saturated heterocycles. The Kier molecular flexibility index (Phi) is 3.88. The van der Waals surface area contributed by atoms with Crippen LogP contribution in [0.3, 0.4) is 0 Å². The maximum Gasteiger partial charge on any atom is 0.109 e. The van der Waals surface area contributed by atoms with E-state index in [2.05, 4.69) is 22.3 Å². The number of nitrogens with zero attached hydrogens (tertiary/aromatic N) is 3. The third-order valence-corrected chi connectivity index (χ3v) is 3.58. The Balaban J connectivity index is 1.86. The average molecular weight is 251 g/mol. The van der Waals surface area contributed by atoms with E-state index >= 15 is 0 Å². The topological polar surface area (TPSA) is 68.8 Å². The van der Waals surface area contributed by atoms with Crippen molar-refractivity contribution in [1.29, 1.82) is 0 Å². The van der Waals surface area contributed by atoms with Gasteiger partial charge < -0.3 is 11.1 Å². The van der Waals surface area contributed by atoms with Crippen LogP contribution in [-0.2, 0) is 7.05 Å². The van der Waals surface area contributed by atoms with Crippen molar-refractivity contribution in [2.45, 2.75) is 19.0 Å². The second-order valence-corrected chi connectivity index (χ2v) is 4.98. The SMILES string of the molecule is CC(NCC(N)c1cnn(C)c1)c1nccs1. The van der Waals surface area contributed by atoms with Crippen LogP contribution in [0.4, 0.5) is 0 Å². The predicted octanol–water partition coefficient (Wildman–Crippen LogP) is 1.23. The van der Waals surface area contributed by atoms with Gasteiger partial charge in [-0.25, -0.2) is 4.98 Å². The Morgan fingerprint density at radius 1 is 1.59 bits per heavy atom. The summed E-state index contributed by atoms with van der Waals surface area (Å²) in [5, 5.41) is 10.6. The summed E-state index contributed by atoms with van der Waals surface area (Å²) in [5.74, 6) is 0. The zero-order valence-corrected chi connectivity index (χ0v) is 10.8. The summed E-state index contributed by atoms with van der Waals surface area (Å²) < 4.78 is 1.76. The molecule has 0 amide bonds. The van der Waals surface area contributed by atoms with Gasteiger partial charge in [0.2, 0.25) is 0 Å². The van der Waals surface area contributed by atoms with E-state index in [1.807, 2.05) is 24.8 Å². The summed E-state index contributed by atoms with van der Waals surface area (Å²) in [6, 6.07) is 0.198. The van der Waals surface area contributed by atoms with E-state index in [-0.39, 0.29) is 12.1 Å². The second kappa shape index (κ2) is 5.39. The van der Waals surface area contributed by atoms with Crippen molar-refractivity contribution in [3.63, 3.8) is 0 Å². The second-order valence-electron chi connectivity index (χ2n) is 4.05. The Bertz CT molecular complexity index is 450. The molecule has 3 N–H and O–H groups in total. The van der Waals surface area contributed by atoms with Gasteiger partial charge in [0.25, 0.3) is 0 Å². The highest BCUT2D eigenvalue weighted by molar-refractivity contribution is 7.09. The number of thiazole rings is 1. The van der Waals surface area contributed by atoms with Gasteiger partial charge in [0.1, 0.15) is 5.01 Å². The number of aryl methyl sites for hydroxylation is 1. The van der Waals surface area contributed by atoms with Crippen molar-refractivity contribution in [1.82, 2.24) is 20.1 Å². The third-order valence-electron chi connectivity index (χ3n) is 2.62. The van der Waals surface area contributed by atoms with Crippen molar-refractivity contribution in [2.75, 3.05) is 6.54 Å². The minimum atomic E-state index is -0.0360. The molecule has 2 aromatic rings. The van der Waals surface area contributed by atoms with Gasteiger partial charge in [0.05, 0.1) is 12.2 Å². The molecule has 2 heterocycles. The Morgan fingerprint density at radius 3 is 3.00 bits per heavy atom. The third kappa shape index (κ3) is 3.12. The van der Waals surface area contributed by atoms with Gasteiger partial charge in [0, 0.05) is 43.0 Å². The predicted molar refractivity (Wildman–Crippen MR) is 68.7 cm³/mol. The van der Waals surface area contributed by atoms with E-state index in [0.29, 0.717) is 6.54 Å². The molecule has 2 rings (SSSR count). The normalized spacial score (nSPS) is 14.8. The smallest absolute Gasteiger partial charge is 0.109 e. The first-order valence-electron chi connectivity index (χ1n) is 5.53. The van der Waals surface area contributed by atoms with E-state index < -0.39 is 0 Å². The summed E-state index contributed by atoms with van der Waals surface area (Å²) in [4.78, 5) is 4.27. The lowest BCUT2D eigenvalue weighted by molar-refractivity contribution is 0.525. The van der Waals surface area contributed by atoms with Gasteiger partial charge in [-0.1, -0.05) is 0 Å². The zero-order valence-electron chi connectivity index (χ0n) is 10.00. The molecule has 0 aliphatic carbocycles. The molecule has 0 fully saturated rings. The summed E-state index contributed by atoms with van der Waals surface area (Å²) in [7, 11) is 1.89. The van der Waals surface area contributed by atoms with Crippen molar-refractivity contribution < 1.29 is 0 Å². The van der Waals surface area contributed by atoms with Gasteiger partial charge in [0.15, 0.2) is 0 Å². The molecule has 2 aromatic heterocycles. The van der Waals surface area contributed by atoms with E-state index in [4.69, 9.17) is 5.73 Å². The number of rotatable bonds is 5. The van der Waals surface area contributed by atoms with E-state index in [1.165, 1.54) is 0 Å². The van der Waals surface area contributed by atoms with Gasteiger partial charge in [-0.2, -0.15) is 5.10 Å². The molecule has 0 spiro atoms. The standard InChI is InChI=1S/C11H17N5S/c1-8(11-13-3-4-17-11)14-6-10(12)9-5-15-16(2)7-9/h3-5,7-8,10,14H,6,12H2,1-2H3. The highest BCUT2D eigenvalue weighted by Gasteiger charge is 2.12. The van der Waals surface area contributed by atoms with Crippen LogP contribution in [0.1, 0.15) is 29.6 Å². The fraction of sp³-hybridized carbons (Fsp3) is 0.455. The quantitative estimate of drug-likeness (QED) is 0.838. The van der Waals surface area contributed by atoms with Gasteiger partial charge in [-0.05, 0) is 6.92 Å². The molecule has 17 heavy (non-hydrogen) atoms. The number of nitrogens with one attached hydrogen (secondary N) is 1. The van der Waals surface area contributed by atoms with E-state index in [1.54, 1.807) is 22.2 Å². The molecule has 92 valence electrons. The Hall–Kier alpha value is -1.24. The fourth-order valence-corrected chi connectivity index (χ4v) is 2.26. The van der Waals surface area contributed by atoms with Crippen LogP contribution >= 0.6 is 11.3 Å². The van der Waals surface area contributed by atoms with Gasteiger partial charge in [-0.3, -0.25) is 4.68 Å². The minimum Gasteiger partial charge on any atom is -0.323 e. The largest absolute Gasteiger partial charge is 0.323 e. The van der Waals surface area contributed by atoms with Crippen LogP contribution in [0.15, 0.2) is 24.0 Å². The first-order chi connectivity index (χ1) is 8.16. The minimum absolute atomic E-state index is 0.0360. The maximum atomic E-state index is 6.08. The molecular weight excluding hydrogens is 234 g/mol. The molecule has 0 radical (unpaired) electrons. The average Bonchev–Trinajstić information content (AvgIpc) is 2.95. The van der Waals surface area contributed by atoms with Crippen molar-refractivity contribution in [3.8, 4) is 0 Å². The lowest BCUT2D eigenvalue weighted by Gasteiger charge is -2.15. The first kappa shape index (κ1) is 12.2. The number of hydrogen-bond donors (Lipinski definition) is 2. The molecule has 6 heteroatoms. The van der Waals surface area contributed by atoms with Crippen molar-refractivity contribution in [2.24, 2.45) is 12.8 Å². The molecule has 0 bridgehead atoms. The summed E-state index contributed by atoms with van der Waals surface area (Å²) in [5.41, 5.74) is 7.12. The molecule has 2 unspecified atom stereocenters. The Labute approximate surface area is 105 Å². The van der Waals surface area contributed by atoms with Gasteiger partial charge in [-0.15, -0.1) is 11.3 Å². The molecule has 5 nitrogen and oxygen atoms in total. The van der Waals surface area contributed by atoms with Crippen LogP contribution in [0.5, 0.6) is 0 Å². The van der Waals surface area contributed by atoms with Crippen LogP contribution in [0, 0.1) is 0 Å². The molecular formula is C11H17N5S. The molecule has 0 aliphatic rings. The van der Waals surface area contributed by atoms with Crippen LogP contribution in [0.25, 0.3) is 0 Å². The molecule has 0 aliphatic heterocycles. The summed E-state index contributed by atoms with van der Waals surface area (Å²) >= 11 is 1.65. The van der Waals surface area contributed by atoms with E-state index in [9.17, 15) is 0 Å². The van der Waals surface area contributed by atoms with Crippen LogP contribution < -0.4 is 11.1 Å². The molecule has 2 atom stereocenters. The summed E-state index contributed by atoms with van der Waals surface area (Å²) in [6.07, 6.45) is 5.57. The fourth-order valence-electron chi connectivity index (χ4n) is 1.59. The maximum absolute atomic E-state index is 6.08. The zero-order chi connectivity index (χ0) is 12.3. The van der Waals surface area contributed by atoms with Gasteiger partial charge >= 0.3 is 0 Å². The monoisotopic (exact) mass is 251 g/mol. The lowest BCUT2D eigenvalue weighted by atomic mass is 10.1. The number of hydrogen-bond acceptors (Lipinski definition) is 5. The van der Waals surface area contributed by atoms with Crippen LogP contribution in [0.2, 0.25) is 0 Å². The van der Waals surface area contributed by atoms with Crippen LogP contribution in [-0.4, -0.2) is 21.3 Å². The number of nitrogens with two attached hydrogens (primary N) is 1. The Morgan fingerprint density at radius 2 is 2.41 bits per heavy atom. The number of aromatic nitrogens is 3.